The first-order chi connectivity index (χ1) is 8.63. The minimum atomic E-state index is -1.07. The van der Waals surface area contributed by atoms with E-state index in [0.29, 0.717) is 12.2 Å². The van der Waals surface area contributed by atoms with Crippen LogP contribution in [0.5, 0.6) is 0 Å². The zero-order valence-corrected chi connectivity index (χ0v) is 9.85. The molecule has 2 rings (SSSR count). The molecule has 1 aromatic heterocycles. The highest BCUT2D eigenvalue weighted by Gasteiger charge is 2.17. The molecular weight excluding hydrogens is 240 g/mol. The summed E-state index contributed by atoms with van der Waals surface area (Å²) in [4.78, 5) is 0. The minimum absolute atomic E-state index is 0.272. The van der Waals surface area contributed by atoms with E-state index >= 15 is 0 Å². The van der Waals surface area contributed by atoms with Crippen LogP contribution in [0.3, 0.4) is 0 Å². The van der Waals surface area contributed by atoms with Gasteiger partial charge in [0.05, 0.1) is 11.9 Å². The lowest BCUT2D eigenvalue weighted by atomic mass is 10.1. The van der Waals surface area contributed by atoms with Crippen LogP contribution in [0, 0.1) is 11.6 Å². The van der Waals surface area contributed by atoms with Crippen LogP contribution in [0.15, 0.2) is 24.4 Å². The SMILES string of the molecule is CCCn1nncc1C(O)c1ccc(F)c(F)c1. The number of hydrogen-bond acceptors (Lipinski definition) is 3. The Morgan fingerprint density at radius 1 is 1.33 bits per heavy atom. The van der Waals surface area contributed by atoms with E-state index in [1.807, 2.05) is 6.92 Å². The minimum Gasteiger partial charge on any atom is -0.382 e. The van der Waals surface area contributed by atoms with Gasteiger partial charge in [0.15, 0.2) is 11.6 Å². The van der Waals surface area contributed by atoms with Crippen LogP contribution in [-0.2, 0) is 6.54 Å². The highest BCUT2D eigenvalue weighted by molar-refractivity contribution is 5.25. The van der Waals surface area contributed by atoms with Crippen molar-refractivity contribution in [3.63, 3.8) is 0 Å². The number of rotatable bonds is 4. The molecule has 1 heterocycles. The van der Waals surface area contributed by atoms with E-state index in [4.69, 9.17) is 0 Å². The lowest BCUT2D eigenvalue weighted by Gasteiger charge is -2.12. The molecule has 0 fully saturated rings. The molecule has 0 saturated heterocycles. The van der Waals surface area contributed by atoms with Gasteiger partial charge in [-0.25, -0.2) is 13.5 Å². The van der Waals surface area contributed by atoms with Gasteiger partial charge < -0.3 is 5.11 Å². The van der Waals surface area contributed by atoms with E-state index in [1.54, 1.807) is 4.68 Å². The maximum absolute atomic E-state index is 13.1. The molecule has 6 heteroatoms. The maximum atomic E-state index is 13.1. The third-order valence-electron chi connectivity index (χ3n) is 2.62. The van der Waals surface area contributed by atoms with Gasteiger partial charge in [0.1, 0.15) is 6.10 Å². The second-order valence-corrected chi connectivity index (χ2v) is 3.96. The van der Waals surface area contributed by atoms with Gasteiger partial charge in [-0.1, -0.05) is 18.2 Å². The topological polar surface area (TPSA) is 50.9 Å². The fourth-order valence-electron chi connectivity index (χ4n) is 1.72. The molecule has 0 spiro atoms. The molecule has 1 unspecified atom stereocenters. The fraction of sp³-hybridized carbons (Fsp3) is 0.333. The summed E-state index contributed by atoms with van der Waals surface area (Å²) in [6.07, 6.45) is 1.18. The number of aromatic nitrogens is 3. The first-order valence-electron chi connectivity index (χ1n) is 5.65. The van der Waals surface area contributed by atoms with Gasteiger partial charge in [-0.2, -0.15) is 0 Å². The Kier molecular flexibility index (Phi) is 3.66. The number of halogens is 2. The van der Waals surface area contributed by atoms with Gasteiger partial charge in [-0.05, 0) is 24.1 Å². The van der Waals surface area contributed by atoms with Crippen molar-refractivity contribution in [2.24, 2.45) is 0 Å². The molecule has 1 aromatic carbocycles. The lowest BCUT2D eigenvalue weighted by Crippen LogP contribution is -2.10. The molecule has 0 aliphatic heterocycles. The Morgan fingerprint density at radius 2 is 2.11 bits per heavy atom. The smallest absolute Gasteiger partial charge is 0.159 e. The molecule has 0 aliphatic rings. The van der Waals surface area contributed by atoms with Crippen LogP contribution in [0.4, 0.5) is 8.78 Å². The second-order valence-electron chi connectivity index (χ2n) is 3.96. The fourth-order valence-corrected chi connectivity index (χ4v) is 1.72. The molecule has 0 amide bonds. The Morgan fingerprint density at radius 3 is 2.78 bits per heavy atom. The van der Waals surface area contributed by atoms with E-state index in [0.717, 1.165) is 18.6 Å². The van der Waals surface area contributed by atoms with Crippen molar-refractivity contribution in [1.82, 2.24) is 15.0 Å². The van der Waals surface area contributed by atoms with Crippen LogP contribution < -0.4 is 0 Å². The summed E-state index contributed by atoms with van der Waals surface area (Å²) in [5, 5.41) is 17.7. The molecule has 0 bridgehead atoms. The van der Waals surface area contributed by atoms with Gasteiger partial charge in [-0.15, -0.1) is 5.10 Å². The zero-order valence-electron chi connectivity index (χ0n) is 9.85. The van der Waals surface area contributed by atoms with E-state index in [-0.39, 0.29) is 5.56 Å². The van der Waals surface area contributed by atoms with E-state index in [2.05, 4.69) is 10.3 Å². The summed E-state index contributed by atoms with van der Waals surface area (Å²) in [6.45, 7) is 2.57. The van der Waals surface area contributed by atoms with Gasteiger partial charge in [-0.3, -0.25) is 0 Å². The van der Waals surface area contributed by atoms with Crippen LogP contribution in [0.25, 0.3) is 0 Å². The predicted molar refractivity (Wildman–Crippen MR) is 60.7 cm³/mol. The summed E-state index contributed by atoms with van der Waals surface area (Å²) in [7, 11) is 0. The summed E-state index contributed by atoms with van der Waals surface area (Å²) >= 11 is 0. The van der Waals surface area contributed by atoms with Gasteiger partial charge >= 0.3 is 0 Å². The Hall–Kier alpha value is -1.82. The van der Waals surface area contributed by atoms with Crippen molar-refractivity contribution in [3.05, 3.63) is 47.3 Å². The zero-order chi connectivity index (χ0) is 13.1. The third kappa shape index (κ3) is 2.38. The number of benzene rings is 1. The molecule has 18 heavy (non-hydrogen) atoms. The van der Waals surface area contributed by atoms with Gasteiger partial charge in [0.2, 0.25) is 0 Å². The van der Waals surface area contributed by atoms with Gasteiger partial charge in [0.25, 0.3) is 0 Å². The number of aliphatic hydroxyl groups is 1. The van der Waals surface area contributed by atoms with Crippen molar-refractivity contribution in [2.45, 2.75) is 26.0 Å². The highest BCUT2D eigenvalue weighted by Crippen LogP contribution is 2.22. The van der Waals surface area contributed by atoms with Crippen LogP contribution in [0.1, 0.15) is 30.7 Å². The Balaban J connectivity index is 2.32. The first kappa shape index (κ1) is 12.6. The van der Waals surface area contributed by atoms with Crippen LogP contribution in [-0.4, -0.2) is 20.1 Å². The molecule has 2 aromatic rings. The van der Waals surface area contributed by atoms with Crippen LogP contribution in [0.2, 0.25) is 0 Å². The maximum Gasteiger partial charge on any atom is 0.159 e. The molecule has 1 atom stereocenters. The number of nitrogens with zero attached hydrogens (tertiary/aromatic N) is 3. The quantitative estimate of drug-likeness (QED) is 0.907. The molecule has 0 aliphatic carbocycles. The molecule has 1 N–H and O–H groups in total. The molecule has 4 nitrogen and oxygen atoms in total. The Bertz CT molecular complexity index is 542. The van der Waals surface area contributed by atoms with Crippen molar-refractivity contribution in [1.29, 1.82) is 0 Å². The standard InChI is InChI=1S/C12H13F2N3O/c1-2-5-17-11(7-15-16-17)12(18)8-3-4-9(13)10(14)6-8/h3-4,6-7,12,18H,2,5H2,1H3. The van der Waals surface area contributed by atoms with E-state index < -0.39 is 17.7 Å². The average Bonchev–Trinajstić information content (AvgIpc) is 2.80. The normalized spacial score (nSPS) is 12.7. The second kappa shape index (κ2) is 5.22. The predicted octanol–water partition coefficient (Wildman–Crippen LogP) is 2.05. The first-order valence-corrected chi connectivity index (χ1v) is 5.65. The largest absolute Gasteiger partial charge is 0.382 e. The molecule has 96 valence electrons. The summed E-state index contributed by atoms with van der Waals surface area (Å²) in [5.41, 5.74) is 0.733. The Labute approximate surface area is 103 Å². The van der Waals surface area contributed by atoms with Crippen LogP contribution >= 0.6 is 0 Å². The van der Waals surface area contributed by atoms with Crippen molar-refractivity contribution < 1.29 is 13.9 Å². The monoisotopic (exact) mass is 253 g/mol. The van der Waals surface area contributed by atoms with Gasteiger partial charge in [0, 0.05) is 6.54 Å². The summed E-state index contributed by atoms with van der Waals surface area (Å²) in [6, 6.07) is 3.30. The molecular formula is C12H13F2N3O. The average molecular weight is 253 g/mol. The molecule has 0 radical (unpaired) electrons. The highest BCUT2D eigenvalue weighted by atomic mass is 19.2. The summed E-state index contributed by atoms with van der Waals surface area (Å²) < 4.78 is 27.5. The number of aryl methyl sites for hydroxylation is 1. The number of hydrogen-bond donors (Lipinski definition) is 1. The molecule has 0 saturated carbocycles. The van der Waals surface area contributed by atoms with Crippen molar-refractivity contribution in [2.75, 3.05) is 0 Å². The van der Waals surface area contributed by atoms with Crippen molar-refractivity contribution >= 4 is 0 Å². The lowest BCUT2D eigenvalue weighted by molar-refractivity contribution is 0.206. The van der Waals surface area contributed by atoms with E-state index in [9.17, 15) is 13.9 Å². The van der Waals surface area contributed by atoms with E-state index in [1.165, 1.54) is 12.3 Å². The third-order valence-corrected chi connectivity index (χ3v) is 2.62. The van der Waals surface area contributed by atoms with Crippen molar-refractivity contribution in [3.8, 4) is 0 Å². The number of aliphatic hydroxyl groups excluding tert-OH is 1. The summed E-state index contributed by atoms with van der Waals surface area (Å²) in [5.74, 6) is -1.92.